The summed E-state index contributed by atoms with van der Waals surface area (Å²) in [7, 11) is 2.86. The molecule has 0 aromatic carbocycles. The Morgan fingerprint density at radius 3 is 2.62 bits per heavy atom. The van der Waals surface area contributed by atoms with Crippen molar-refractivity contribution in [2.75, 3.05) is 0 Å². The summed E-state index contributed by atoms with van der Waals surface area (Å²) in [5.74, 6) is 0. The Morgan fingerprint density at radius 2 is 2.15 bits per heavy atom. The quantitative estimate of drug-likeness (QED) is 0.498. The largest absolute Gasteiger partial charge is 0.364 e. The fraction of sp³-hybridized carbons (Fsp3) is 0.818. The minimum absolute atomic E-state index is 0.00630. The zero-order valence-corrected chi connectivity index (χ0v) is 9.91. The molecule has 0 fully saturated rings. The maximum atomic E-state index is 6.05. The molecule has 0 amide bonds. The van der Waals surface area contributed by atoms with E-state index in [1.54, 1.807) is 0 Å². The van der Waals surface area contributed by atoms with Gasteiger partial charge >= 0.3 is 0 Å². The predicted octanol–water partition coefficient (Wildman–Crippen LogP) is 3.50. The molecule has 13 heavy (non-hydrogen) atoms. The standard InChI is InChI=1S/C11H21OP/c1-3-11(13,4-2)12-10-8-6-5-7-9-10/h6,8,10H,3-5,7,9,13H2,1-2H3. The fourth-order valence-electron chi connectivity index (χ4n) is 1.60. The minimum Gasteiger partial charge on any atom is -0.364 e. The van der Waals surface area contributed by atoms with Crippen LogP contribution in [-0.4, -0.2) is 11.4 Å². The molecule has 0 bridgehead atoms. The van der Waals surface area contributed by atoms with Gasteiger partial charge in [0, 0.05) is 0 Å². The third-order valence-corrected chi connectivity index (χ3v) is 3.75. The molecule has 1 nitrogen and oxygen atoms in total. The number of rotatable bonds is 4. The van der Waals surface area contributed by atoms with Gasteiger partial charge in [-0.15, -0.1) is 9.24 Å². The summed E-state index contributed by atoms with van der Waals surface area (Å²) >= 11 is 0. The van der Waals surface area contributed by atoms with Crippen LogP contribution in [0, 0.1) is 0 Å². The van der Waals surface area contributed by atoms with Gasteiger partial charge in [0.05, 0.1) is 11.4 Å². The Morgan fingerprint density at radius 1 is 1.46 bits per heavy atom. The molecule has 0 aromatic rings. The molecule has 2 atom stereocenters. The SMILES string of the molecule is CCC(P)(CC)OC1C=CCCC1. The number of hydrogen-bond donors (Lipinski definition) is 0. The third-order valence-electron chi connectivity index (χ3n) is 2.79. The first-order chi connectivity index (χ1) is 6.20. The van der Waals surface area contributed by atoms with E-state index in [0.29, 0.717) is 6.10 Å². The van der Waals surface area contributed by atoms with Gasteiger partial charge in [-0.25, -0.2) is 0 Å². The van der Waals surface area contributed by atoms with Crippen molar-refractivity contribution < 1.29 is 4.74 Å². The van der Waals surface area contributed by atoms with Crippen LogP contribution in [0.5, 0.6) is 0 Å². The molecule has 0 aliphatic heterocycles. The Labute approximate surface area is 84.1 Å². The highest BCUT2D eigenvalue weighted by atomic mass is 31.0. The smallest absolute Gasteiger partial charge is 0.0816 e. The molecule has 0 radical (unpaired) electrons. The van der Waals surface area contributed by atoms with E-state index >= 15 is 0 Å². The predicted molar refractivity (Wildman–Crippen MR) is 60.9 cm³/mol. The van der Waals surface area contributed by atoms with Crippen molar-refractivity contribution in [3.63, 3.8) is 0 Å². The summed E-state index contributed by atoms with van der Waals surface area (Å²) in [6.45, 7) is 4.37. The van der Waals surface area contributed by atoms with Crippen molar-refractivity contribution in [3.8, 4) is 0 Å². The first kappa shape index (κ1) is 11.2. The van der Waals surface area contributed by atoms with E-state index in [0.717, 1.165) is 12.8 Å². The Kier molecular flexibility index (Phi) is 4.41. The highest BCUT2D eigenvalue weighted by Gasteiger charge is 2.24. The lowest BCUT2D eigenvalue weighted by molar-refractivity contribution is -0.0228. The van der Waals surface area contributed by atoms with Gasteiger partial charge in [0.15, 0.2) is 0 Å². The van der Waals surface area contributed by atoms with Crippen molar-refractivity contribution in [3.05, 3.63) is 12.2 Å². The molecule has 0 spiro atoms. The van der Waals surface area contributed by atoms with Crippen molar-refractivity contribution in [1.82, 2.24) is 0 Å². The van der Waals surface area contributed by atoms with Crippen LogP contribution in [0.15, 0.2) is 12.2 Å². The molecule has 1 rings (SSSR count). The van der Waals surface area contributed by atoms with E-state index in [1.807, 2.05) is 0 Å². The topological polar surface area (TPSA) is 9.23 Å². The van der Waals surface area contributed by atoms with Gasteiger partial charge in [0.1, 0.15) is 0 Å². The average Bonchev–Trinajstić information content (AvgIpc) is 2.19. The van der Waals surface area contributed by atoms with Gasteiger partial charge in [0.2, 0.25) is 0 Å². The van der Waals surface area contributed by atoms with Crippen LogP contribution >= 0.6 is 9.24 Å². The molecular formula is C11H21OP. The highest BCUT2D eigenvalue weighted by molar-refractivity contribution is 7.18. The second kappa shape index (κ2) is 5.12. The highest BCUT2D eigenvalue weighted by Crippen LogP contribution is 2.31. The Bertz CT molecular complexity index is 173. The summed E-state index contributed by atoms with van der Waals surface area (Å²) < 4.78 is 6.05. The average molecular weight is 200 g/mol. The van der Waals surface area contributed by atoms with Crippen molar-refractivity contribution >= 4 is 9.24 Å². The van der Waals surface area contributed by atoms with Crippen molar-refractivity contribution in [2.45, 2.75) is 57.4 Å². The summed E-state index contributed by atoms with van der Waals surface area (Å²) in [5.41, 5.74) is 0. The van der Waals surface area contributed by atoms with Gasteiger partial charge in [-0.05, 0) is 32.1 Å². The van der Waals surface area contributed by atoms with Gasteiger partial charge in [0.25, 0.3) is 0 Å². The fourth-order valence-corrected chi connectivity index (χ4v) is 1.77. The van der Waals surface area contributed by atoms with Gasteiger partial charge < -0.3 is 4.74 Å². The molecule has 0 saturated carbocycles. The normalized spacial score (nSPS) is 23.5. The summed E-state index contributed by atoms with van der Waals surface area (Å²) in [6.07, 6.45) is 10.6. The van der Waals surface area contributed by atoms with Crippen LogP contribution in [0.3, 0.4) is 0 Å². The molecule has 2 unspecified atom stereocenters. The van der Waals surface area contributed by atoms with Crippen molar-refractivity contribution in [2.24, 2.45) is 0 Å². The van der Waals surface area contributed by atoms with Crippen LogP contribution in [0.2, 0.25) is 0 Å². The van der Waals surface area contributed by atoms with Crippen LogP contribution in [0.4, 0.5) is 0 Å². The molecule has 1 aliphatic rings. The Balaban J connectivity index is 2.45. The molecule has 0 N–H and O–H groups in total. The second-order valence-corrected chi connectivity index (χ2v) is 4.84. The van der Waals surface area contributed by atoms with E-state index in [-0.39, 0.29) is 5.34 Å². The first-order valence-electron chi connectivity index (χ1n) is 5.33. The van der Waals surface area contributed by atoms with Crippen LogP contribution < -0.4 is 0 Å². The lowest BCUT2D eigenvalue weighted by atomic mass is 10.0. The van der Waals surface area contributed by atoms with Crippen LogP contribution in [0.1, 0.15) is 46.0 Å². The van der Waals surface area contributed by atoms with Gasteiger partial charge in [-0.1, -0.05) is 26.0 Å². The number of ether oxygens (including phenoxy) is 1. The minimum atomic E-state index is 0.00630. The molecule has 0 saturated heterocycles. The molecule has 0 aromatic heterocycles. The van der Waals surface area contributed by atoms with Gasteiger partial charge in [-0.2, -0.15) is 0 Å². The summed E-state index contributed by atoms with van der Waals surface area (Å²) in [5, 5.41) is 0.00630. The summed E-state index contributed by atoms with van der Waals surface area (Å²) in [4.78, 5) is 0. The molecular weight excluding hydrogens is 179 g/mol. The first-order valence-corrected chi connectivity index (χ1v) is 5.91. The molecule has 2 heteroatoms. The lowest BCUT2D eigenvalue weighted by Gasteiger charge is -2.32. The molecule has 0 heterocycles. The maximum absolute atomic E-state index is 6.05. The third kappa shape index (κ3) is 3.40. The van der Waals surface area contributed by atoms with E-state index in [1.165, 1.54) is 19.3 Å². The van der Waals surface area contributed by atoms with Crippen LogP contribution in [-0.2, 0) is 4.74 Å². The Hall–Kier alpha value is 0.130. The monoisotopic (exact) mass is 200 g/mol. The molecule has 1 aliphatic carbocycles. The van der Waals surface area contributed by atoms with E-state index in [9.17, 15) is 0 Å². The lowest BCUT2D eigenvalue weighted by Crippen LogP contribution is -2.29. The van der Waals surface area contributed by atoms with E-state index in [2.05, 4.69) is 35.2 Å². The second-order valence-electron chi connectivity index (χ2n) is 3.79. The maximum Gasteiger partial charge on any atom is 0.0816 e. The van der Waals surface area contributed by atoms with Crippen LogP contribution in [0.25, 0.3) is 0 Å². The zero-order chi connectivity index (χ0) is 9.73. The van der Waals surface area contributed by atoms with E-state index < -0.39 is 0 Å². The number of hydrogen-bond acceptors (Lipinski definition) is 1. The van der Waals surface area contributed by atoms with Crippen molar-refractivity contribution in [1.29, 1.82) is 0 Å². The number of allylic oxidation sites excluding steroid dienone is 1. The summed E-state index contributed by atoms with van der Waals surface area (Å²) in [6, 6.07) is 0. The zero-order valence-electron chi connectivity index (χ0n) is 8.75. The van der Waals surface area contributed by atoms with E-state index in [4.69, 9.17) is 4.74 Å². The van der Waals surface area contributed by atoms with Gasteiger partial charge in [-0.3, -0.25) is 0 Å². The molecule has 76 valence electrons.